The van der Waals surface area contributed by atoms with Crippen molar-refractivity contribution < 1.29 is 9.59 Å². The van der Waals surface area contributed by atoms with Gasteiger partial charge in [-0.25, -0.2) is 0 Å². The summed E-state index contributed by atoms with van der Waals surface area (Å²) in [6, 6.07) is 14.3. The van der Waals surface area contributed by atoms with Crippen molar-refractivity contribution in [2.75, 3.05) is 33.2 Å². The molecule has 2 amide bonds. The second-order valence-corrected chi connectivity index (χ2v) is 7.96. The molecule has 28 heavy (non-hydrogen) atoms. The van der Waals surface area contributed by atoms with Gasteiger partial charge < -0.3 is 15.1 Å². The minimum atomic E-state index is -0.406. The smallest absolute Gasteiger partial charge is 0.270 e. The van der Waals surface area contributed by atoms with Crippen LogP contribution in [0.1, 0.15) is 15.9 Å². The lowest BCUT2D eigenvalue weighted by Crippen LogP contribution is -2.49. The van der Waals surface area contributed by atoms with Crippen molar-refractivity contribution >= 4 is 45.4 Å². The summed E-state index contributed by atoms with van der Waals surface area (Å²) in [6.45, 7) is 2.84. The lowest BCUT2D eigenvalue weighted by atomic mass is 10.1. The summed E-state index contributed by atoms with van der Waals surface area (Å²) in [4.78, 5) is 29.8. The molecule has 0 unspecified atom stereocenters. The average Bonchev–Trinajstić information content (AvgIpc) is 2.69. The Labute approximate surface area is 178 Å². The maximum absolute atomic E-state index is 13.1. The number of piperazine rings is 1. The molecular weight excluding hydrogens is 442 g/mol. The molecule has 0 aliphatic carbocycles. The van der Waals surface area contributed by atoms with Gasteiger partial charge in [-0.05, 0) is 43.0 Å². The van der Waals surface area contributed by atoms with Crippen LogP contribution in [0.4, 0.5) is 0 Å². The number of hydrogen-bond acceptors (Lipinski definition) is 3. The first kappa shape index (κ1) is 20.6. The Balaban J connectivity index is 1.87. The molecule has 5 nitrogen and oxygen atoms in total. The molecule has 1 aliphatic heterocycles. The van der Waals surface area contributed by atoms with E-state index in [1.807, 2.05) is 31.3 Å². The quantitative estimate of drug-likeness (QED) is 0.706. The van der Waals surface area contributed by atoms with E-state index >= 15 is 0 Å². The van der Waals surface area contributed by atoms with Gasteiger partial charge in [-0.15, -0.1) is 0 Å². The molecule has 3 rings (SSSR count). The number of carbonyl (C=O) groups excluding carboxylic acids is 2. The number of amides is 2. The van der Waals surface area contributed by atoms with E-state index in [9.17, 15) is 9.59 Å². The molecule has 1 N–H and O–H groups in total. The molecule has 2 aromatic carbocycles. The van der Waals surface area contributed by atoms with Crippen molar-refractivity contribution in [3.05, 3.63) is 74.9 Å². The summed E-state index contributed by atoms with van der Waals surface area (Å²) in [6.07, 6.45) is 1.70. The van der Waals surface area contributed by atoms with Gasteiger partial charge in [0.15, 0.2) is 0 Å². The number of nitrogens with one attached hydrogen (secondary N) is 1. The zero-order chi connectivity index (χ0) is 20.1. The van der Waals surface area contributed by atoms with Crippen molar-refractivity contribution in [1.82, 2.24) is 15.1 Å². The number of likely N-dealkylation sites (N-methyl/N-ethyl adjacent to an activating group) is 1. The van der Waals surface area contributed by atoms with Gasteiger partial charge in [0.1, 0.15) is 5.70 Å². The van der Waals surface area contributed by atoms with Crippen LogP contribution < -0.4 is 5.32 Å². The predicted octanol–water partition coefficient (Wildman–Crippen LogP) is 3.65. The summed E-state index contributed by atoms with van der Waals surface area (Å²) >= 11 is 9.54. The molecular formula is C21H21BrClN3O2. The van der Waals surface area contributed by atoms with Gasteiger partial charge in [-0.2, -0.15) is 0 Å². The van der Waals surface area contributed by atoms with E-state index in [4.69, 9.17) is 11.6 Å². The molecule has 7 heteroatoms. The first-order valence-corrected chi connectivity index (χ1v) is 10.1. The fourth-order valence-electron chi connectivity index (χ4n) is 2.89. The van der Waals surface area contributed by atoms with Crippen LogP contribution in [0.15, 0.2) is 58.7 Å². The zero-order valence-electron chi connectivity index (χ0n) is 15.5. The highest BCUT2D eigenvalue weighted by Gasteiger charge is 2.24. The summed E-state index contributed by atoms with van der Waals surface area (Å²) in [7, 11) is 2.03. The van der Waals surface area contributed by atoms with E-state index in [1.165, 1.54) is 0 Å². The molecule has 0 aromatic heterocycles. The van der Waals surface area contributed by atoms with Crippen LogP contribution in [0.3, 0.4) is 0 Å². The van der Waals surface area contributed by atoms with E-state index in [2.05, 4.69) is 26.1 Å². The molecule has 0 spiro atoms. The Kier molecular flexibility index (Phi) is 6.88. The number of rotatable bonds is 4. The topological polar surface area (TPSA) is 52.6 Å². The van der Waals surface area contributed by atoms with Gasteiger partial charge in [0, 0.05) is 30.7 Å². The molecule has 1 aliphatic rings. The normalized spacial score (nSPS) is 15.4. The predicted molar refractivity (Wildman–Crippen MR) is 115 cm³/mol. The number of benzene rings is 2. The van der Waals surface area contributed by atoms with E-state index < -0.39 is 5.91 Å². The van der Waals surface area contributed by atoms with Crippen molar-refractivity contribution in [3.8, 4) is 0 Å². The number of nitrogens with zero attached hydrogens (tertiary/aromatic N) is 2. The Bertz CT molecular complexity index is 891. The minimum Gasteiger partial charge on any atom is -0.335 e. The lowest BCUT2D eigenvalue weighted by molar-refractivity contribution is -0.128. The van der Waals surface area contributed by atoms with Gasteiger partial charge in [-0.3, -0.25) is 9.59 Å². The van der Waals surface area contributed by atoms with Gasteiger partial charge in [0.25, 0.3) is 11.8 Å². The molecule has 0 radical (unpaired) electrons. The van der Waals surface area contributed by atoms with Crippen LogP contribution in [-0.2, 0) is 4.79 Å². The number of halogens is 2. The number of hydrogen-bond donors (Lipinski definition) is 1. The highest BCUT2D eigenvalue weighted by Crippen LogP contribution is 2.17. The van der Waals surface area contributed by atoms with E-state index in [0.717, 1.165) is 23.1 Å². The Morgan fingerprint density at radius 2 is 1.68 bits per heavy atom. The third-order valence-corrected chi connectivity index (χ3v) is 5.43. The number of carbonyl (C=O) groups is 2. The van der Waals surface area contributed by atoms with Gasteiger partial charge in [-0.1, -0.05) is 51.8 Å². The lowest BCUT2D eigenvalue weighted by Gasteiger charge is -2.33. The van der Waals surface area contributed by atoms with Crippen molar-refractivity contribution in [2.24, 2.45) is 0 Å². The fourth-order valence-corrected chi connectivity index (χ4v) is 3.38. The largest absolute Gasteiger partial charge is 0.335 e. The maximum Gasteiger partial charge on any atom is 0.270 e. The van der Waals surface area contributed by atoms with E-state index in [-0.39, 0.29) is 11.6 Å². The third-order valence-electron chi connectivity index (χ3n) is 4.57. The summed E-state index contributed by atoms with van der Waals surface area (Å²) in [5.74, 6) is -0.604. The molecule has 1 heterocycles. The Morgan fingerprint density at radius 3 is 2.32 bits per heavy atom. The zero-order valence-corrected chi connectivity index (χ0v) is 17.8. The molecule has 0 atom stereocenters. The van der Waals surface area contributed by atoms with E-state index in [0.29, 0.717) is 23.7 Å². The summed E-state index contributed by atoms with van der Waals surface area (Å²) < 4.78 is 0.941. The Hall–Kier alpha value is -2.15. The average molecular weight is 463 g/mol. The van der Waals surface area contributed by atoms with Crippen molar-refractivity contribution in [1.29, 1.82) is 0 Å². The van der Waals surface area contributed by atoms with Crippen LogP contribution in [0, 0.1) is 0 Å². The second-order valence-electron chi connectivity index (χ2n) is 6.64. The summed E-state index contributed by atoms with van der Waals surface area (Å²) in [5.41, 5.74) is 1.38. The minimum absolute atomic E-state index is 0.198. The molecule has 2 aromatic rings. The molecule has 146 valence electrons. The first-order chi connectivity index (χ1) is 13.4. The van der Waals surface area contributed by atoms with Gasteiger partial charge >= 0.3 is 0 Å². The molecule has 1 fully saturated rings. The maximum atomic E-state index is 13.1. The fraction of sp³-hybridized carbons (Fsp3) is 0.238. The Morgan fingerprint density at radius 1 is 1.04 bits per heavy atom. The van der Waals surface area contributed by atoms with E-state index in [1.54, 1.807) is 35.2 Å². The van der Waals surface area contributed by atoms with Crippen LogP contribution in [0.25, 0.3) is 6.08 Å². The first-order valence-electron chi connectivity index (χ1n) is 8.95. The van der Waals surface area contributed by atoms with Crippen LogP contribution in [0.5, 0.6) is 0 Å². The molecule has 0 saturated carbocycles. The SMILES string of the molecule is CN1CCN(C(=O)C(=Cc2ccc(Br)cc2)NC(=O)c2ccccc2Cl)CC1. The highest BCUT2D eigenvalue weighted by molar-refractivity contribution is 9.10. The van der Waals surface area contributed by atoms with Crippen LogP contribution in [-0.4, -0.2) is 54.8 Å². The molecule has 1 saturated heterocycles. The van der Waals surface area contributed by atoms with Gasteiger partial charge in [0.2, 0.25) is 0 Å². The standard InChI is InChI=1S/C21H21BrClN3O2/c1-25-10-12-26(13-11-25)21(28)19(14-15-6-8-16(22)9-7-15)24-20(27)17-4-2-3-5-18(17)23/h2-9,14H,10-13H2,1H3,(H,24,27). The van der Waals surface area contributed by atoms with Crippen LogP contribution in [0.2, 0.25) is 5.02 Å². The summed E-state index contributed by atoms with van der Waals surface area (Å²) in [5, 5.41) is 3.11. The van der Waals surface area contributed by atoms with Crippen molar-refractivity contribution in [3.63, 3.8) is 0 Å². The molecule has 0 bridgehead atoms. The highest BCUT2D eigenvalue weighted by atomic mass is 79.9. The third kappa shape index (κ3) is 5.22. The second kappa shape index (κ2) is 9.37. The monoisotopic (exact) mass is 461 g/mol. The van der Waals surface area contributed by atoms with Crippen LogP contribution >= 0.6 is 27.5 Å². The van der Waals surface area contributed by atoms with Crippen molar-refractivity contribution in [2.45, 2.75) is 0 Å². The van der Waals surface area contributed by atoms with Gasteiger partial charge in [0.05, 0.1) is 10.6 Å².